The van der Waals surface area contributed by atoms with E-state index in [2.05, 4.69) is 37.9 Å². The van der Waals surface area contributed by atoms with Crippen LogP contribution in [0.1, 0.15) is 42.4 Å². The normalized spacial score (nSPS) is 30.4. The van der Waals surface area contributed by atoms with Gasteiger partial charge in [0.2, 0.25) is 0 Å². The van der Waals surface area contributed by atoms with Crippen molar-refractivity contribution in [2.45, 2.75) is 51.1 Å². The van der Waals surface area contributed by atoms with E-state index in [0.29, 0.717) is 18.0 Å². The van der Waals surface area contributed by atoms with Gasteiger partial charge in [0.25, 0.3) is 5.78 Å². The minimum Gasteiger partial charge on any atom is -0.310 e. The quantitative estimate of drug-likeness (QED) is 0.821. The van der Waals surface area contributed by atoms with Crippen LogP contribution in [0.2, 0.25) is 0 Å². The molecule has 0 spiro atoms. The molecule has 0 saturated carbocycles. The first-order valence-corrected chi connectivity index (χ1v) is 6.67. The lowest BCUT2D eigenvalue weighted by Crippen LogP contribution is -2.23. The van der Waals surface area contributed by atoms with Crippen molar-refractivity contribution in [1.29, 1.82) is 0 Å². The summed E-state index contributed by atoms with van der Waals surface area (Å²) < 4.78 is 2.13. The number of aryl methyl sites for hydroxylation is 2. The second-order valence-electron chi connectivity index (χ2n) is 5.62. The smallest absolute Gasteiger partial charge is 0.255 e. The van der Waals surface area contributed by atoms with E-state index in [0.717, 1.165) is 17.3 Å². The minimum absolute atomic E-state index is 0.502. The van der Waals surface area contributed by atoms with Gasteiger partial charge in [-0.3, -0.25) is 4.40 Å². The average Bonchev–Trinajstić information content (AvgIpc) is 3.00. The molecule has 0 radical (unpaired) electrons. The van der Waals surface area contributed by atoms with Gasteiger partial charge in [0.1, 0.15) is 5.82 Å². The Morgan fingerprint density at radius 2 is 2.17 bits per heavy atom. The predicted molar refractivity (Wildman–Crippen MR) is 67.6 cm³/mol. The molecule has 2 bridgehead atoms. The molecule has 0 amide bonds. The van der Waals surface area contributed by atoms with E-state index < -0.39 is 0 Å². The zero-order valence-electron chi connectivity index (χ0n) is 10.7. The van der Waals surface area contributed by atoms with Gasteiger partial charge in [-0.1, -0.05) is 0 Å². The predicted octanol–water partition coefficient (Wildman–Crippen LogP) is 1.35. The average molecular weight is 243 g/mol. The number of nitrogens with zero attached hydrogens (tertiary/aromatic N) is 4. The first-order valence-electron chi connectivity index (χ1n) is 6.67. The number of aromatic nitrogens is 4. The van der Waals surface area contributed by atoms with E-state index in [1.807, 2.05) is 6.92 Å². The fraction of sp³-hybridized carbons (Fsp3) is 0.615. The zero-order valence-corrected chi connectivity index (χ0v) is 10.7. The van der Waals surface area contributed by atoms with Crippen LogP contribution < -0.4 is 5.32 Å². The largest absolute Gasteiger partial charge is 0.310 e. The number of fused-ring (bicyclic) bond motifs is 3. The van der Waals surface area contributed by atoms with Gasteiger partial charge < -0.3 is 5.32 Å². The Bertz CT molecular complexity index is 617. The number of hydrogen-bond donors (Lipinski definition) is 1. The Kier molecular flexibility index (Phi) is 2.03. The van der Waals surface area contributed by atoms with Crippen molar-refractivity contribution in [1.82, 2.24) is 24.9 Å². The maximum absolute atomic E-state index is 4.46. The van der Waals surface area contributed by atoms with Gasteiger partial charge in [-0.2, -0.15) is 0 Å². The van der Waals surface area contributed by atoms with Crippen LogP contribution in [-0.4, -0.2) is 31.7 Å². The molecule has 2 fully saturated rings. The Balaban J connectivity index is 1.86. The van der Waals surface area contributed by atoms with Crippen LogP contribution in [0.4, 0.5) is 0 Å². The lowest BCUT2D eigenvalue weighted by atomic mass is 9.88. The third-order valence-electron chi connectivity index (χ3n) is 4.35. The fourth-order valence-electron chi connectivity index (χ4n) is 3.61. The van der Waals surface area contributed by atoms with Crippen molar-refractivity contribution in [2.75, 3.05) is 0 Å². The van der Waals surface area contributed by atoms with Crippen LogP contribution in [0.5, 0.6) is 0 Å². The summed E-state index contributed by atoms with van der Waals surface area (Å²) in [7, 11) is 0. The highest BCUT2D eigenvalue weighted by Gasteiger charge is 2.42. The van der Waals surface area contributed by atoms with Crippen LogP contribution in [0.25, 0.3) is 5.78 Å². The highest BCUT2D eigenvalue weighted by atomic mass is 15.3. The summed E-state index contributed by atoms with van der Waals surface area (Å²) in [6.45, 7) is 4.11. The molecular weight excluding hydrogens is 226 g/mol. The van der Waals surface area contributed by atoms with E-state index in [-0.39, 0.29) is 0 Å². The minimum atomic E-state index is 0.502. The van der Waals surface area contributed by atoms with Gasteiger partial charge in [0.15, 0.2) is 0 Å². The Morgan fingerprint density at radius 1 is 1.28 bits per heavy atom. The molecular formula is C13H17N5. The van der Waals surface area contributed by atoms with Crippen LogP contribution in [0.15, 0.2) is 6.07 Å². The summed E-state index contributed by atoms with van der Waals surface area (Å²) in [5.74, 6) is 2.34. The van der Waals surface area contributed by atoms with E-state index in [1.165, 1.54) is 25.0 Å². The molecule has 2 aliphatic rings. The Hall–Kier alpha value is -1.49. The third kappa shape index (κ3) is 1.34. The standard InChI is InChI=1S/C13H17N5/c1-7-5-8(2)18-12(16-17-13(18)14-7)10-6-9-3-4-11(10)15-9/h5,9-11,15H,3-4,6H2,1-2H3. The SMILES string of the molecule is Cc1cc(C)n2c(C3CC4CCC3N4)nnc2n1. The maximum atomic E-state index is 4.46. The summed E-state index contributed by atoms with van der Waals surface area (Å²) >= 11 is 0. The third-order valence-corrected chi connectivity index (χ3v) is 4.35. The van der Waals surface area contributed by atoms with Gasteiger partial charge in [-0.25, -0.2) is 4.98 Å². The summed E-state index contributed by atoms with van der Waals surface area (Å²) in [5.41, 5.74) is 2.19. The molecule has 0 aliphatic carbocycles. The van der Waals surface area contributed by atoms with Gasteiger partial charge in [0.05, 0.1) is 0 Å². The molecule has 5 nitrogen and oxygen atoms in total. The summed E-state index contributed by atoms with van der Waals surface area (Å²) in [4.78, 5) is 4.46. The lowest BCUT2D eigenvalue weighted by Gasteiger charge is -2.18. The second-order valence-corrected chi connectivity index (χ2v) is 5.62. The van der Waals surface area contributed by atoms with E-state index in [9.17, 15) is 0 Å². The highest BCUT2D eigenvalue weighted by Crippen LogP contribution is 2.39. The molecule has 3 unspecified atom stereocenters. The maximum Gasteiger partial charge on any atom is 0.255 e. The van der Waals surface area contributed by atoms with Crippen molar-refractivity contribution in [3.8, 4) is 0 Å². The molecule has 4 rings (SSSR count). The van der Waals surface area contributed by atoms with Crippen LogP contribution in [-0.2, 0) is 0 Å². The molecule has 0 aromatic carbocycles. The molecule has 1 N–H and O–H groups in total. The molecule has 4 heterocycles. The molecule has 5 heteroatoms. The summed E-state index contributed by atoms with van der Waals surface area (Å²) in [5, 5.41) is 12.3. The number of rotatable bonds is 1. The van der Waals surface area contributed by atoms with E-state index >= 15 is 0 Å². The number of nitrogens with one attached hydrogen (secondary N) is 1. The Labute approximate surface area is 106 Å². The van der Waals surface area contributed by atoms with E-state index in [1.54, 1.807) is 0 Å². The molecule has 18 heavy (non-hydrogen) atoms. The highest BCUT2D eigenvalue weighted by molar-refractivity contribution is 5.34. The van der Waals surface area contributed by atoms with Crippen molar-refractivity contribution in [3.63, 3.8) is 0 Å². The van der Waals surface area contributed by atoms with Crippen molar-refractivity contribution >= 4 is 5.78 Å². The van der Waals surface area contributed by atoms with Crippen molar-refractivity contribution in [2.24, 2.45) is 0 Å². The summed E-state index contributed by atoms with van der Waals surface area (Å²) in [6.07, 6.45) is 3.77. The van der Waals surface area contributed by atoms with Crippen LogP contribution in [0.3, 0.4) is 0 Å². The lowest BCUT2D eigenvalue weighted by molar-refractivity contribution is 0.482. The van der Waals surface area contributed by atoms with Crippen LogP contribution >= 0.6 is 0 Å². The molecule has 2 aromatic heterocycles. The number of hydrogen-bond acceptors (Lipinski definition) is 4. The molecule has 2 aromatic rings. The van der Waals surface area contributed by atoms with Gasteiger partial charge in [-0.15, -0.1) is 10.2 Å². The van der Waals surface area contributed by atoms with Gasteiger partial charge in [-0.05, 0) is 39.2 Å². The van der Waals surface area contributed by atoms with Gasteiger partial charge >= 0.3 is 0 Å². The van der Waals surface area contributed by atoms with Gasteiger partial charge in [0, 0.05) is 29.4 Å². The Morgan fingerprint density at radius 3 is 2.89 bits per heavy atom. The first-order chi connectivity index (χ1) is 8.72. The topological polar surface area (TPSA) is 55.1 Å². The van der Waals surface area contributed by atoms with Crippen molar-refractivity contribution in [3.05, 3.63) is 23.3 Å². The molecule has 94 valence electrons. The molecule has 3 atom stereocenters. The van der Waals surface area contributed by atoms with Crippen molar-refractivity contribution < 1.29 is 0 Å². The fourth-order valence-corrected chi connectivity index (χ4v) is 3.61. The molecule has 2 aliphatic heterocycles. The zero-order chi connectivity index (χ0) is 12.3. The van der Waals surface area contributed by atoms with E-state index in [4.69, 9.17) is 0 Å². The second kappa shape index (κ2) is 3.51. The molecule has 2 saturated heterocycles. The summed E-state index contributed by atoms with van der Waals surface area (Å²) in [6, 6.07) is 3.37. The monoisotopic (exact) mass is 243 g/mol. The first kappa shape index (κ1) is 10.4. The van der Waals surface area contributed by atoms with Crippen LogP contribution in [0, 0.1) is 13.8 Å².